The first-order valence-corrected chi connectivity index (χ1v) is 4.04. The van der Waals surface area contributed by atoms with E-state index in [4.69, 9.17) is 4.52 Å². The number of nitrogens with zero attached hydrogens (tertiary/aromatic N) is 1. The lowest BCUT2D eigenvalue weighted by Crippen LogP contribution is -2.15. The van der Waals surface area contributed by atoms with Crippen LogP contribution in [0.2, 0.25) is 0 Å². The van der Waals surface area contributed by atoms with Crippen molar-refractivity contribution in [3.05, 3.63) is 18.0 Å². The van der Waals surface area contributed by atoms with Crippen LogP contribution in [0.3, 0.4) is 0 Å². The van der Waals surface area contributed by atoms with E-state index in [0.29, 0.717) is 0 Å². The molecule has 60 valence electrons. The molecule has 0 aromatic carbocycles. The van der Waals surface area contributed by atoms with Crippen LogP contribution in [0.1, 0.15) is 18.4 Å². The first kappa shape index (κ1) is 6.85. The highest BCUT2D eigenvalue weighted by Gasteiger charge is 2.20. The maximum absolute atomic E-state index is 4.70. The first-order chi connectivity index (χ1) is 5.45. The van der Waals surface area contributed by atoms with Crippen molar-refractivity contribution >= 4 is 0 Å². The van der Waals surface area contributed by atoms with Gasteiger partial charge in [0.1, 0.15) is 6.26 Å². The van der Waals surface area contributed by atoms with Gasteiger partial charge in [-0.15, -0.1) is 0 Å². The number of hydrogen-bond donors (Lipinski definition) is 1. The predicted molar refractivity (Wildman–Crippen MR) is 40.9 cm³/mol. The van der Waals surface area contributed by atoms with Gasteiger partial charge in [-0.05, 0) is 25.3 Å². The summed E-state index contributed by atoms with van der Waals surface area (Å²) >= 11 is 0. The largest absolute Gasteiger partial charge is 0.364 e. The molecular weight excluding hydrogens is 140 g/mol. The van der Waals surface area contributed by atoms with E-state index in [-0.39, 0.29) is 0 Å². The second kappa shape index (κ2) is 3.05. The summed E-state index contributed by atoms with van der Waals surface area (Å²) in [6, 6.07) is 0. The fourth-order valence-corrected chi connectivity index (χ4v) is 1.06. The smallest absolute Gasteiger partial charge is 0.128 e. The minimum absolute atomic E-state index is 0.889. The maximum Gasteiger partial charge on any atom is 0.128 e. The summed E-state index contributed by atoms with van der Waals surface area (Å²) in [7, 11) is 0. The Kier molecular flexibility index (Phi) is 1.90. The Bertz CT molecular complexity index is 204. The Morgan fingerprint density at radius 3 is 3.18 bits per heavy atom. The molecule has 3 heteroatoms. The molecule has 1 aliphatic carbocycles. The molecule has 0 bridgehead atoms. The van der Waals surface area contributed by atoms with Gasteiger partial charge in [0.05, 0.1) is 6.20 Å². The van der Waals surface area contributed by atoms with Crippen LogP contribution in [0.25, 0.3) is 0 Å². The monoisotopic (exact) mass is 152 g/mol. The van der Waals surface area contributed by atoms with Gasteiger partial charge in [0.25, 0.3) is 0 Å². The molecule has 0 atom stereocenters. The van der Waals surface area contributed by atoms with Crippen LogP contribution in [0.4, 0.5) is 0 Å². The molecule has 0 aliphatic heterocycles. The van der Waals surface area contributed by atoms with Crippen molar-refractivity contribution in [2.45, 2.75) is 19.4 Å². The van der Waals surface area contributed by atoms with Crippen molar-refractivity contribution in [1.82, 2.24) is 10.5 Å². The van der Waals surface area contributed by atoms with Gasteiger partial charge in [-0.2, -0.15) is 0 Å². The average molecular weight is 152 g/mol. The molecule has 1 saturated carbocycles. The van der Waals surface area contributed by atoms with Gasteiger partial charge < -0.3 is 9.84 Å². The lowest BCUT2D eigenvalue weighted by Gasteiger charge is -1.98. The van der Waals surface area contributed by atoms with Gasteiger partial charge in [-0.25, -0.2) is 0 Å². The first-order valence-electron chi connectivity index (χ1n) is 4.04. The van der Waals surface area contributed by atoms with Crippen molar-refractivity contribution in [3.8, 4) is 0 Å². The lowest BCUT2D eigenvalue weighted by atomic mass is 10.3. The van der Waals surface area contributed by atoms with Gasteiger partial charge >= 0.3 is 0 Å². The Labute approximate surface area is 65.8 Å². The third-order valence-electron chi connectivity index (χ3n) is 1.94. The zero-order valence-electron chi connectivity index (χ0n) is 6.42. The molecule has 3 nitrogen and oxygen atoms in total. The lowest BCUT2D eigenvalue weighted by molar-refractivity contribution is 0.418. The van der Waals surface area contributed by atoms with Gasteiger partial charge in [0.2, 0.25) is 0 Å². The summed E-state index contributed by atoms with van der Waals surface area (Å²) in [5.74, 6) is 0.940. The van der Waals surface area contributed by atoms with E-state index in [1.807, 2.05) is 0 Å². The van der Waals surface area contributed by atoms with Crippen LogP contribution in [0, 0.1) is 5.92 Å². The molecule has 1 heterocycles. The van der Waals surface area contributed by atoms with Gasteiger partial charge in [-0.3, -0.25) is 0 Å². The van der Waals surface area contributed by atoms with E-state index in [0.717, 1.165) is 24.6 Å². The second-order valence-electron chi connectivity index (χ2n) is 3.11. The number of aromatic nitrogens is 1. The third kappa shape index (κ3) is 2.05. The van der Waals surface area contributed by atoms with Gasteiger partial charge in [0, 0.05) is 12.1 Å². The van der Waals surface area contributed by atoms with E-state index in [9.17, 15) is 0 Å². The number of nitrogens with one attached hydrogen (secondary N) is 1. The summed E-state index contributed by atoms with van der Waals surface area (Å²) in [4.78, 5) is 0. The molecule has 1 N–H and O–H groups in total. The molecule has 2 rings (SSSR count). The van der Waals surface area contributed by atoms with Crippen LogP contribution in [0.5, 0.6) is 0 Å². The summed E-state index contributed by atoms with van der Waals surface area (Å²) in [6.07, 6.45) is 6.23. The summed E-state index contributed by atoms with van der Waals surface area (Å²) in [6.45, 7) is 2.03. The standard InChI is InChI=1S/C8H12N2O/c1-2-7(1)3-9-4-8-5-10-11-6-8/h5-7,9H,1-4H2. The Balaban J connectivity index is 1.66. The summed E-state index contributed by atoms with van der Waals surface area (Å²) in [5.41, 5.74) is 1.13. The van der Waals surface area contributed by atoms with Crippen molar-refractivity contribution in [1.29, 1.82) is 0 Å². The molecule has 0 spiro atoms. The van der Waals surface area contributed by atoms with E-state index >= 15 is 0 Å². The zero-order chi connectivity index (χ0) is 7.52. The molecule has 1 aromatic heterocycles. The van der Waals surface area contributed by atoms with E-state index in [2.05, 4.69) is 10.5 Å². The fourth-order valence-electron chi connectivity index (χ4n) is 1.06. The molecule has 0 amide bonds. The molecule has 1 fully saturated rings. The van der Waals surface area contributed by atoms with Gasteiger partial charge in [-0.1, -0.05) is 5.16 Å². The third-order valence-corrected chi connectivity index (χ3v) is 1.94. The molecule has 0 unspecified atom stereocenters. The molecule has 1 aromatic rings. The van der Waals surface area contributed by atoms with Crippen molar-refractivity contribution in [2.75, 3.05) is 6.54 Å². The maximum atomic E-state index is 4.70. The molecule has 0 radical (unpaired) electrons. The molecule has 11 heavy (non-hydrogen) atoms. The second-order valence-corrected chi connectivity index (χ2v) is 3.11. The molecule has 0 saturated heterocycles. The number of hydrogen-bond acceptors (Lipinski definition) is 3. The van der Waals surface area contributed by atoms with Crippen LogP contribution in [-0.4, -0.2) is 11.7 Å². The van der Waals surface area contributed by atoms with Crippen molar-refractivity contribution in [3.63, 3.8) is 0 Å². The highest BCUT2D eigenvalue weighted by Crippen LogP contribution is 2.27. The van der Waals surface area contributed by atoms with Crippen LogP contribution < -0.4 is 5.32 Å². The summed E-state index contributed by atoms with van der Waals surface area (Å²) in [5, 5.41) is 6.97. The number of rotatable bonds is 4. The zero-order valence-corrected chi connectivity index (χ0v) is 6.42. The highest BCUT2D eigenvalue weighted by atomic mass is 16.5. The summed E-state index contributed by atoms with van der Waals surface area (Å²) < 4.78 is 4.70. The van der Waals surface area contributed by atoms with E-state index in [1.165, 1.54) is 12.8 Å². The van der Waals surface area contributed by atoms with Crippen LogP contribution in [0.15, 0.2) is 17.0 Å². The van der Waals surface area contributed by atoms with Crippen LogP contribution in [-0.2, 0) is 6.54 Å². The van der Waals surface area contributed by atoms with Crippen molar-refractivity contribution in [2.24, 2.45) is 5.92 Å². The fraction of sp³-hybridized carbons (Fsp3) is 0.625. The van der Waals surface area contributed by atoms with E-state index in [1.54, 1.807) is 12.5 Å². The predicted octanol–water partition coefficient (Wildman–Crippen LogP) is 1.17. The Hall–Kier alpha value is -0.830. The highest BCUT2D eigenvalue weighted by molar-refractivity contribution is 4.99. The quantitative estimate of drug-likeness (QED) is 0.703. The average Bonchev–Trinajstić information content (AvgIpc) is 2.66. The topological polar surface area (TPSA) is 38.1 Å². The van der Waals surface area contributed by atoms with Crippen molar-refractivity contribution < 1.29 is 4.52 Å². The minimum atomic E-state index is 0.889. The SMILES string of the molecule is c1nocc1CNCC1CC1. The van der Waals surface area contributed by atoms with Crippen LogP contribution >= 0.6 is 0 Å². The van der Waals surface area contributed by atoms with E-state index < -0.39 is 0 Å². The Morgan fingerprint density at radius 1 is 1.64 bits per heavy atom. The van der Waals surface area contributed by atoms with Gasteiger partial charge in [0.15, 0.2) is 0 Å². The minimum Gasteiger partial charge on any atom is -0.364 e. The molecule has 1 aliphatic rings. The molecular formula is C8H12N2O. The Morgan fingerprint density at radius 2 is 2.55 bits per heavy atom. The normalized spacial score (nSPS) is 17.1.